The second kappa shape index (κ2) is 7.72. The van der Waals surface area contributed by atoms with Crippen LogP contribution < -0.4 is 5.32 Å². The van der Waals surface area contributed by atoms with Crippen LogP contribution in [0.25, 0.3) is 0 Å². The Kier molecular flexibility index (Phi) is 6.60. The molecule has 0 heterocycles. The quantitative estimate of drug-likeness (QED) is 0.761. The van der Waals surface area contributed by atoms with Gasteiger partial charge in [0.1, 0.15) is 0 Å². The summed E-state index contributed by atoms with van der Waals surface area (Å²) in [5.41, 5.74) is 2.40. The van der Waals surface area contributed by atoms with Gasteiger partial charge in [0.2, 0.25) is 0 Å². The van der Waals surface area contributed by atoms with Gasteiger partial charge in [-0.2, -0.15) is 0 Å². The summed E-state index contributed by atoms with van der Waals surface area (Å²) in [6.07, 6.45) is 1.14. The highest BCUT2D eigenvalue weighted by Crippen LogP contribution is 2.19. The molecule has 96 valence electrons. The first-order chi connectivity index (χ1) is 8.09. The third kappa shape index (κ3) is 6.08. The van der Waals surface area contributed by atoms with Gasteiger partial charge in [0.05, 0.1) is 6.61 Å². The van der Waals surface area contributed by atoms with E-state index in [1.54, 1.807) is 0 Å². The van der Waals surface area contributed by atoms with Crippen molar-refractivity contribution in [3.05, 3.63) is 28.2 Å². The Morgan fingerprint density at radius 1 is 1.29 bits per heavy atom. The maximum Gasteiger partial charge on any atom is 0.0639 e. The van der Waals surface area contributed by atoms with Crippen molar-refractivity contribution in [1.82, 2.24) is 0 Å². The molecule has 0 aliphatic heterocycles. The number of rotatable bonds is 7. The van der Waals surface area contributed by atoms with E-state index in [4.69, 9.17) is 4.74 Å². The molecule has 0 saturated heterocycles. The summed E-state index contributed by atoms with van der Waals surface area (Å²) in [5, 5.41) is 3.35. The normalized spacial score (nSPS) is 10.9. The average Bonchev–Trinajstić information content (AvgIpc) is 2.27. The zero-order chi connectivity index (χ0) is 12.7. The van der Waals surface area contributed by atoms with Crippen molar-refractivity contribution >= 4 is 21.6 Å². The van der Waals surface area contributed by atoms with E-state index in [1.807, 2.05) is 0 Å². The first-order valence-electron chi connectivity index (χ1n) is 6.17. The third-order valence-electron chi connectivity index (χ3n) is 2.57. The molecule has 0 atom stereocenters. The van der Waals surface area contributed by atoms with Crippen LogP contribution in [0.1, 0.15) is 25.8 Å². The topological polar surface area (TPSA) is 21.3 Å². The standard InChI is InChI=1S/C14H22BrNO/c1-11(2)6-8-17-9-7-16-13-4-5-14(15)12(3)10-13/h4-5,10-11,16H,6-9H2,1-3H3. The lowest BCUT2D eigenvalue weighted by molar-refractivity contribution is 0.132. The summed E-state index contributed by atoms with van der Waals surface area (Å²) in [6, 6.07) is 6.28. The van der Waals surface area contributed by atoms with E-state index < -0.39 is 0 Å². The molecular weight excluding hydrogens is 278 g/mol. The molecule has 1 rings (SSSR count). The van der Waals surface area contributed by atoms with Gasteiger partial charge in [0.25, 0.3) is 0 Å². The van der Waals surface area contributed by atoms with E-state index in [9.17, 15) is 0 Å². The molecule has 0 bridgehead atoms. The van der Waals surface area contributed by atoms with Gasteiger partial charge < -0.3 is 10.1 Å². The fraction of sp³-hybridized carbons (Fsp3) is 0.571. The molecule has 0 aliphatic rings. The summed E-state index contributed by atoms with van der Waals surface area (Å²) in [4.78, 5) is 0. The molecule has 17 heavy (non-hydrogen) atoms. The fourth-order valence-corrected chi connectivity index (χ4v) is 1.69. The number of hydrogen-bond acceptors (Lipinski definition) is 2. The smallest absolute Gasteiger partial charge is 0.0639 e. The van der Waals surface area contributed by atoms with Gasteiger partial charge in [-0.3, -0.25) is 0 Å². The summed E-state index contributed by atoms with van der Waals surface area (Å²) in [6.45, 7) is 9.01. The Morgan fingerprint density at radius 2 is 2.06 bits per heavy atom. The van der Waals surface area contributed by atoms with Gasteiger partial charge in [-0.25, -0.2) is 0 Å². The second-order valence-electron chi connectivity index (χ2n) is 4.69. The van der Waals surface area contributed by atoms with Crippen LogP contribution in [-0.4, -0.2) is 19.8 Å². The maximum atomic E-state index is 5.55. The monoisotopic (exact) mass is 299 g/mol. The third-order valence-corrected chi connectivity index (χ3v) is 3.46. The number of halogens is 1. The highest BCUT2D eigenvalue weighted by molar-refractivity contribution is 9.10. The lowest BCUT2D eigenvalue weighted by Gasteiger charge is -2.09. The van der Waals surface area contributed by atoms with Crippen molar-refractivity contribution < 1.29 is 4.74 Å². The Balaban J connectivity index is 2.16. The molecule has 0 saturated carbocycles. The number of hydrogen-bond donors (Lipinski definition) is 1. The van der Waals surface area contributed by atoms with Gasteiger partial charge in [0.15, 0.2) is 0 Å². The predicted octanol–water partition coefficient (Wildman–Crippen LogP) is 4.23. The van der Waals surface area contributed by atoms with Crippen molar-refractivity contribution in [2.75, 3.05) is 25.1 Å². The summed E-state index contributed by atoms with van der Waals surface area (Å²) in [5.74, 6) is 0.720. The lowest BCUT2D eigenvalue weighted by Crippen LogP contribution is -2.10. The van der Waals surface area contributed by atoms with E-state index in [1.165, 1.54) is 5.56 Å². The van der Waals surface area contributed by atoms with E-state index in [2.05, 4.69) is 60.2 Å². The molecule has 1 aromatic carbocycles. The Bertz CT molecular complexity index is 339. The lowest BCUT2D eigenvalue weighted by atomic mass is 10.1. The molecule has 0 amide bonds. The van der Waals surface area contributed by atoms with E-state index in [0.29, 0.717) is 0 Å². The largest absolute Gasteiger partial charge is 0.383 e. The minimum Gasteiger partial charge on any atom is -0.383 e. The molecular formula is C14H22BrNO. The summed E-state index contributed by atoms with van der Waals surface area (Å²) in [7, 11) is 0. The van der Waals surface area contributed by atoms with Crippen molar-refractivity contribution in [1.29, 1.82) is 0 Å². The summed E-state index contributed by atoms with van der Waals surface area (Å²) >= 11 is 3.49. The van der Waals surface area contributed by atoms with Crippen molar-refractivity contribution in [3.8, 4) is 0 Å². The first kappa shape index (κ1) is 14.5. The molecule has 0 radical (unpaired) electrons. The molecule has 2 nitrogen and oxygen atoms in total. The molecule has 0 aliphatic carbocycles. The minimum atomic E-state index is 0.720. The first-order valence-corrected chi connectivity index (χ1v) is 6.96. The van der Waals surface area contributed by atoms with Gasteiger partial charge in [-0.05, 0) is 43.0 Å². The highest BCUT2D eigenvalue weighted by Gasteiger charge is 1.97. The van der Waals surface area contributed by atoms with Crippen LogP contribution >= 0.6 is 15.9 Å². The molecule has 1 N–H and O–H groups in total. The van der Waals surface area contributed by atoms with Crippen LogP contribution in [0.15, 0.2) is 22.7 Å². The van der Waals surface area contributed by atoms with Crippen molar-refractivity contribution in [2.24, 2.45) is 5.92 Å². The van der Waals surface area contributed by atoms with Crippen LogP contribution in [0.2, 0.25) is 0 Å². The Hall–Kier alpha value is -0.540. The van der Waals surface area contributed by atoms with Crippen LogP contribution in [0.4, 0.5) is 5.69 Å². The number of nitrogens with one attached hydrogen (secondary N) is 1. The number of benzene rings is 1. The molecule has 0 fully saturated rings. The Labute approximate surface area is 113 Å². The average molecular weight is 300 g/mol. The highest BCUT2D eigenvalue weighted by atomic mass is 79.9. The van der Waals surface area contributed by atoms with Crippen LogP contribution in [0, 0.1) is 12.8 Å². The molecule has 0 spiro atoms. The van der Waals surface area contributed by atoms with Crippen LogP contribution in [0.5, 0.6) is 0 Å². The molecule has 0 aromatic heterocycles. The number of aryl methyl sites for hydroxylation is 1. The number of anilines is 1. The maximum absolute atomic E-state index is 5.55. The van der Waals surface area contributed by atoms with Gasteiger partial charge in [0, 0.05) is 23.3 Å². The van der Waals surface area contributed by atoms with Gasteiger partial charge >= 0.3 is 0 Å². The minimum absolute atomic E-state index is 0.720. The SMILES string of the molecule is Cc1cc(NCCOCCC(C)C)ccc1Br. The van der Waals surface area contributed by atoms with Crippen molar-refractivity contribution in [3.63, 3.8) is 0 Å². The van der Waals surface area contributed by atoms with Gasteiger partial charge in [-0.15, -0.1) is 0 Å². The zero-order valence-corrected chi connectivity index (χ0v) is 12.5. The van der Waals surface area contributed by atoms with E-state index in [0.717, 1.165) is 42.3 Å². The van der Waals surface area contributed by atoms with Crippen LogP contribution in [0.3, 0.4) is 0 Å². The van der Waals surface area contributed by atoms with Gasteiger partial charge in [-0.1, -0.05) is 29.8 Å². The molecule has 1 aromatic rings. The second-order valence-corrected chi connectivity index (χ2v) is 5.54. The number of ether oxygens (including phenoxy) is 1. The van der Waals surface area contributed by atoms with Crippen LogP contribution in [-0.2, 0) is 4.74 Å². The van der Waals surface area contributed by atoms with E-state index >= 15 is 0 Å². The van der Waals surface area contributed by atoms with Crippen molar-refractivity contribution in [2.45, 2.75) is 27.2 Å². The zero-order valence-electron chi connectivity index (χ0n) is 10.9. The Morgan fingerprint density at radius 3 is 2.71 bits per heavy atom. The van der Waals surface area contributed by atoms with E-state index in [-0.39, 0.29) is 0 Å². The molecule has 3 heteroatoms. The molecule has 0 unspecified atom stereocenters. The summed E-state index contributed by atoms with van der Waals surface area (Å²) < 4.78 is 6.70. The fourth-order valence-electron chi connectivity index (χ4n) is 1.44. The predicted molar refractivity (Wildman–Crippen MR) is 77.6 cm³/mol.